The Kier molecular flexibility index (Phi) is 7.84. The summed E-state index contributed by atoms with van der Waals surface area (Å²) >= 11 is 6.93. The summed E-state index contributed by atoms with van der Waals surface area (Å²) in [5, 5.41) is 8.33. The van der Waals surface area contributed by atoms with Crippen molar-refractivity contribution in [2.24, 2.45) is 0 Å². The van der Waals surface area contributed by atoms with Crippen LogP contribution in [-0.2, 0) is 6.54 Å². The number of nitrogens with one attached hydrogen (secondary N) is 2. The first-order chi connectivity index (χ1) is 15.7. The molecule has 4 rings (SSSR count). The summed E-state index contributed by atoms with van der Waals surface area (Å²) in [5.41, 5.74) is 2.40. The summed E-state index contributed by atoms with van der Waals surface area (Å²) in [7, 11) is 0. The van der Waals surface area contributed by atoms with E-state index in [0.717, 1.165) is 29.5 Å². The second-order valence-electron chi connectivity index (χ2n) is 7.72. The van der Waals surface area contributed by atoms with Gasteiger partial charge >= 0.3 is 0 Å². The molecule has 0 aliphatic carbocycles. The SMILES string of the molecule is Cc1ccc(CNC(=S)Nc2nc(Sc3ncccn3)cc(N3CCCCCC3)n2)cc1. The zero-order valence-electron chi connectivity index (χ0n) is 18.1. The van der Waals surface area contributed by atoms with Crippen molar-refractivity contribution in [1.29, 1.82) is 0 Å². The molecule has 3 heterocycles. The molecule has 1 fully saturated rings. The Morgan fingerprint density at radius 2 is 1.75 bits per heavy atom. The summed E-state index contributed by atoms with van der Waals surface area (Å²) in [5.74, 6) is 1.38. The second-order valence-corrected chi connectivity index (χ2v) is 9.11. The molecule has 0 bridgehead atoms. The standard InChI is InChI=1S/C23H27N7S2/c1-17-7-9-18(10-8-17)16-26-22(31)29-21-27-19(30-13-4-2-3-5-14-30)15-20(28-21)32-23-24-11-6-12-25-23/h6-12,15H,2-5,13-14,16H2,1H3,(H2,26,27,28,29,31). The second kappa shape index (κ2) is 11.2. The third-order valence-corrected chi connectivity index (χ3v) is 6.21. The molecule has 0 unspecified atom stereocenters. The van der Waals surface area contributed by atoms with Gasteiger partial charge in [0.25, 0.3) is 0 Å². The van der Waals surface area contributed by atoms with Gasteiger partial charge < -0.3 is 15.5 Å². The average Bonchev–Trinajstić information content (AvgIpc) is 3.09. The van der Waals surface area contributed by atoms with Crippen molar-refractivity contribution in [3.8, 4) is 0 Å². The van der Waals surface area contributed by atoms with Gasteiger partial charge in [-0.05, 0) is 55.4 Å². The van der Waals surface area contributed by atoms with Crippen LogP contribution in [-0.4, -0.2) is 38.1 Å². The number of benzene rings is 1. The monoisotopic (exact) mass is 465 g/mol. The fourth-order valence-electron chi connectivity index (χ4n) is 3.45. The highest BCUT2D eigenvalue weighted by Gasteiger charge is 2.15. The number of thiocarbonyl (C=S) groups is 1. The first kappa shape index (κ1) is 22.4. The summed E-state index contributed by atoms with van der Waals surface area (Å²) in [6.07, 6.45) is 8.34. The number of hydrogen-bond acceptors (Lipinski definition) is 7. The number of nitrogens with zero attached hydrogens (tertiary/aromatic N) is 5. The highest BCUT2D eigenvalue weighted by Crippen LogP contribution is 2.28. The van der Waals surface area contributed by atoms with Gasteiger partial charge in [-0.25, -0.2) is 15.0 Å². The van der Waals surface area contributed by atoms with Crippen LogP contribution >= 0.6 is 24.0 Å². The molecule has 1 aliphatic heterocycles. The highest BCUT2D eigenvalue weighted by molar-refractivity contribution is 7.99. The molecule has 32 heavy (non-hydrogen) atoms. The molecule has 0 radical (unpaired) electrons. The van der Waals surface area contributed by atoms with Crippen molar-refractivity contribution in [2.75, 3.05) is 23.3 Å². The lowest BCUT2D eigenvalue weighted by Gasteiger charge is -2.22. The molecule has 0 amide bonds. The summed E-state index contributed by atoms with van der Waals surface area (Å²) in [4.78, 5) is 20.4. The molecule has 166 valence electrons. The number of hydrogen-bond donors (Lipinski definition) is 2. The van der Waals surface area contributed by atoms with Crippen molar-refractivity contribution < 1.29 is 0 Å². The zero-order chi connectivity index (χ0) is 22.2. The molecule has 9 heteroatoms. The van der Waals surface area contributed by atoms with Crippen molar-refractivity contribution in [1.82, 2.24) is 25.3 Å². The van der Waals surface area contributed by atoms with E-state index in [0.29, 0.717) is 22.8 Å². The van der Waals surface area contributed by atoms with Crippen LogP contribution in [0.3, 0.4) is 0 Å². The van der Waals surface area contributed by atoms with Crippen LogP contribution in [0, 0.1) is 6.92 Å². The minimum absolute atomic E-state index is 0.478. The van der Waals surface area contributed by atoms with Gasteiger partial charge in [-0.2, -0.15) is 4.98 Å². The molecule has 0 spiro atoms. The fraction of sp³-hybridized carbons (Fsp3) is 0.348. The Morgan fingerprint density at radius 1 is 1.03 bits per heavy atom. The number of aryl methyl sites for hydroxylation is 1. The number of anilines is 2. The molecule has 2 N–H and O–H groups in total. The van der Waals surface area contributed by atoms with E-state index in [2.05, 4.69) is 61.7 Å². The average molecular weight is 466 g/mol. The minimum Gasteiger partial charge on any atom is -0.358 e. The summed E-state index contributed by atoms with van der Waals surface area (Å²) in [6.45, 7) is 4.71. The lowest BCUT2D eigenvalue weighted by Crippen LogP contribution is -2.30. The quantitative estimate of drug-likeness (QED) is 0.309. The van der Waals surface area contributed by atoms with Crippen molar-refractivity contribution in [3.63, 3.8) is 0 Å². The Hall–Kier alpha value is -2.78. The van der Waals surface area contributed by atoms with Crippen molar-refractivity contribution in [2.45, 2.75) is 49.3 Å². The third kappa shape index (κ3) is 6.61. The van der Waals surface area contributed by atoms with Gasteiger partial charge in [-0.15, -0.1) is 0 Å². The molecule has 2 aromatic heterocycles. The Balaban J connectivity index is 1.49. The normalized spacial score (nSPS) is 14.0. The van der Waals surface area contributed by atoms with Crippen LogP contribution in [0.1, 0.15) is 36.8 Å². The predicted molar refractivity (Wildman–Crippen MR) is 133 cm³/mol. The predicted octanol–water partition coefficient (Wildman–Crippen LogP) is 4.59. The largest absolute Gasteiger partial charge is 0.358 e. The van der Waals surface area contributed by atoms with Crippen LogP contribution in [0.5, 0.6) is 0 Å². The molecule has 1 aliphatic rings. The molecule has 1 saturated heterocycles. The Labute approximate surface area is 198 Å². The van der Waals surface area contributed by atoms with E-state index in [4.69, 9.17) is 17.2 Å². The van der Waals surface area contributed by atoms with Gasteiger partial charge in [0.1, 0.15) is 10.8 Å². The van der Waals surface area contributed by atoms with E-state index in [1.807, 2.05) is 6.07 Å². The summed E-state index contributed by atoms with van der Waals surface area (Å²) < 4.78 is 0. The van der Waals surface area contributed by atoms with Crippen LogP contribution in [0.4, 0.5) is 11.8 Å². The highest BCUT2D eigenvalue weighted by atomic mass is 32.2. The molecular weight excluding hydrogens is 438 g/mol. The topological polar surface area (TPSA) is 78.9 Å². The van der Waals surface area contributed by atoms with E-state index in [9.17, 15) is 0 Å². The van der Waals surface area contributed by atoms with E-state index >= 15 is 0 Å². The summed E-state index contributed by atoms with van der Waals surface area (Å²) in [6, 6.07) is 12.2. The van der Waals surface area contributed by atoms with Crippen LogP contribution in [0.25, 0.3) is 0 Å². The smallest absolute Gasteiger partial charge is 0.232 e. The third-order valence-electron chi connectivity index (χ3n) is 5.16. The van der Waals surface area contributed by atoms with Gasteiger partial charge in [0.15, 0.2) is 10.3 Å². The van der Waals surface area contributed by atoms with E-state index in [-0.39, 0.29) is 0 Å². The fourth-order valence-corrected chi connectivity index (χ4v) is 4.32. The Morgan fingerprint density at radius 3 is 2.47 bits per heavy atom. The van der Waals surface area contributed by atoms with Crippen LogP contribution in [0.15, 0.2) is 59.0 Å². The van der Waals surface area contributed by atoms with Gasteiger partial charge in [-0.1, -0.05) is 42.7 Å². The molecule has 0 saturated carbocycles. The minimum atomic E-state index is 0.478. The van der Waals surface area contributed by atoms with E-state index < -0.39 is 0 Å². The molecule has 3 aromatic rings. The lowest BCUT2D eigenvalue weighted by molar-refractivity contribution is 0.726. The molecule has 1 aromatic carbocycles. The van der Waals surface area contributed by atoms with Gasteiger partial charge in [0.2, 0.25) is 5.95 Å². The van der Waals surface area contributed by atoms with Gasteiger partial charge in [0.05, 0.1) is 0 Å². The van der Waals surface area contributed by atoms with Crippen molar-refractivity contribution >= 4 is 40.9 Å². The lowest BCUT2D eigenvalue weighted by atomic mass is 10.1. The molecular formula is C23H27N7S2. The van der Waals surface area contributed by atoms with Crippen LogP contribution in [0.2, 0.25) is 0 Å². The van der Waals surface area contributed by atoms with E-state index in [1.54, 1.807) is 18.5 Å². The van der Waals surface area contributed by atoms with Crippen LogP contribution < -0.4 is 15.5 Å². The Bertz CT molecular complexity index is 1020. The maximum atomic E-state index is 5.51. The zero-order valence-corrected chi connectivity index (χ0v) is 19.8. The number of aromatic nitrogens is 4. The maximum Gasteiger partial charge on any atom is 0.232 e. The molecule has 7 nitrogen and oxygen atoms in total. The van der Waals surface area contributed by atoms with Gasteiger partial charge in [0, 0.05) is 38.1 Å². The van der Waals surface area contributed by atoms with Crippen molar-refractivity contribution in [3.05, 3.63) is 59.9 Å². The number of rotatable bonds is 6. The molecule has 0 atom stereocenters. The first-order valence-corrected chi connectivity index (χ1v) is 12.1. The maximum absolute atomic E-state index is 5.51. The first-order valence-electron chi connectivity index (χ1n) is 10.8. The van der Waals surface area contributed by atoms with Gasteiger partial charge in [-0.3, -0.25) is 0 Å². The van der Waals surface area contributed by atoms with E-state index in [1.165, 1.54) is 43.0 Å².